The highest BCUT2D eigenvalue weighted by Gasteiger charge is 2.06. The van der Waals surface area contributed by atoms with Crippen LogP contribution in [0.3, 0.4) is 0 Å². The zero-order valence-corrected chi connectivity index (χ0v) is 9.47. The molecule has 0 aliphatic heterocycles. The van der Waals surface area contributed by atoms with Crippen LogP contribution in [0.5, 0.6) is 0 Å². The lowest BCUT2D eigenvalue weighted by Gasteiger charge is -2.22. The maximum absolute atomic E-state index is 11.0. The van der Waals surface area contributed by atoms with E-state index in [1.165, 1.54) is 6.42 Å². The van der Waals surface area contributed by atoms with E-state index in [2.05, 4.69) is 25.8 Å². The fourth-order valence-corrected chi connectivity index (χ4v) is 1.23. The predicted molar refractivity (Wildman–Crippen MR) is 56.9 cm³/mol. The van der Waals surface area contributed by atoms with Crippen molar-refractivity contribution in [2.24, 2.45) is 0 Å². The summed E-state index contributed by atoms with van der Waals surface area (Å²) in [6.07, 6.45) is 3.62. The van der Waals surface area contributed by atoms with E-state index in [9.17, 15) is 4.79 Å². The molecule has 0 saturated carbocycles. The molecule has 0 saturated heterocycles. The average Bonchev–Trinajstić information content (AvgIpc) is 2.15. The van der Waals surface area contributed by atoms with E-state index in [0.29, 0.717) is 18.2 Å². The van der Waals surface area contributed by atoms with E-state index in [1.807, 2.05) is 6.92 Å². The Balaban J connectivity index is 3.47. The van der Waals surface area contributed by atoms with Gasteiger partial charge in [-0.05, 0) is 33.4 Å². The molecule has 0 N–H and O–H groups in total. The Kier molecular flexibility index (Phi) is 6.87. The zero-order chi connectivity index (χ0) is 10.3. The van der Waals surface area contributed by atoms with E-state index in [-0.39, 0.29) is 0 Å². The first kappa shape index (κ1) is 12.6. The van der Waals surface area contributed by atoms with Crippen LogP contribution in [0.1, 0.15) is 46.5 Å². The molecule has 0 bridgehead atoms. The first-order chi connectivity index (χ1) is 6.11. The molecule has 0 radical (unpaired) electrons. The molecule has 78 valence electrons. The van der Waals surface area contributed by atoms with Gasteiger partial charge < -0.3 is 4.90 Å². The Morgan fingerprint density at radius 3 is 2.46 bits per heavy atom. The third kappa shape index (κ3) is 5.81. The van der Waals surface area contributed by atoms with Crippen molar-refractivity contribution in [3.63, 3.8) is 0 Å². The van der Waals surface area contributed by atoms with E-state index in [4.69, 9.17) is 0 Å². The van der Waals surface area contributed by atoms with Crippen LogP contribution in [0.4, 0.5) is 0 Å². The SMILES string of the molecule is CCC(=O)CCCN(C)C(C)CC. The van der Waals surface area contributed by atoms with Crippen LogP contribution in [-0.2, 0) is 4.79 Å². The molecule has 2 nitrogen and oxygen atoms in total. The lowest BCUT2D eigenvalue weighted by molar-refractivity contribution is -0.118. The highest BCUT2D eigenvalue weighted by atomic mass is 16.1. The number of hydrogen-bond acceptors (Lipinski definition) is 2. The number of carbonyl (C=O) groups excluding carboxylic acids is 1. The molecule has 13 heavy (non-hydrogen) atoms. The van der Waals surface area contributed by atoms with Gasteiger partial charge in [-0.2, -0.15) is 0 Å². The van der Waals surface area contributed by atoms with Gasteiger partial charge in [0.1, 0.15) is 5.78 Å². The van der Waals surface area contributed by atoms with E-state index >= 15 is 0 Å². The Morgan fingerprint density at radius 2 is 2.00 bits per heavy atom. The third-order valence-corrected chi connectivity index (χ3v) is 2.70. The summed E-state index contributed by atoms with van der Waals surface area (Å²) in [5, 5.41) is 0. The summed E-state index contributed by atoms with van der Waals surface area (Å²) < 4.78 is 0. The van der Waals surface area contributed by atoms with E-state index < -0.39 is 0 Å². The molecular formula is C11H23NO. The first-order valence-corrected chi connectivity index (χ1v) is 5.33. The summed E-state index contributed by atoms with van der Waals surface area (Å²) in [6.45, 7) is 7.39. The summed E-state index contributed by atoms with van der Waals surface area (Å²) in [4.78, 5) is 13.3. The molecule has 1 unspecified atom stereocenters. The maximum Gasteiger partial charge on any atom is 0.132 e. The lowest BCUT2D eigenvalue weighted by Crippen LogP contribution is -2.29. The van der Waals surface area contributed by atoms with Gasteiger partial charge in [0.15, 0.2) is 0 Å². The molecule has 0 aromatic rings. The molecule has 0 fully saturated rings. The largest absolute Gasteiger partial charge is 0.304 e. The van der Waals surface area contributed by atoms with Crippen molar-refractivity contribution < 1.29 is 4.79 Å². The number of nitrogens with zero attached hydrogens (tertiary/aromatic N) is 1. The molecule has 1 atom stereocenters. The Bertz CT molecular complexity index is 145. The van der Waals surface area contributed by atoms with E-state index in [1.54, 1.807) is 0 Å². The lowest BCUT2D eigenvalue weighted by atomic mass is 10.1. The minimum Gasteiger partial charge on any atom is -0.304 e. The molecule has 2 heteroatoms. The van der Waals surface area contributed by atoms with Crippen molar-refractivity contribution in [2.45, 2.75) is 52.5 Å². The van der Waals surface area contributed by atoms with Gasteiger partial charge in [-0.1, -0.05) is 13.8 Å². The quantitative estimate of drug-likeness (QED) is 0.607. The van der Waals surface area contributed by atoms with Crippen LogP contribution >= 0.6 is 0 Å². The van der Waals surface area contributed by atoms with Crippen molar-refractivity contribution in [3.8, 4) is 0 Å². The number of Topliss-reactive ketones (excluding diaryl/α,β-unsaturated/α-hetero) is 1. The highest BCUT2D eigenvalue weighted by Crippen LogP contribution is 2.03. The molecule has 0 heterocycles. The second-order valence-corrected chi connectivity index (χ2v) is 3.73. The van der Waals surface area contributed by atoms with E-state index in [0.717, 1.165) is 19.4 Å². The summed E-state index contributed by atoms with van der Waals surface area (Å²) in [6, 6.07) is 0.636. The smallest absolute Gasteiger partial charge is 0.132 e. The second kappa shape index (κ2) is 7.07. The number of carbonyl (C=O) groups is 1. The van der Waals surface area contributed by atoms with Crippen molar-refractivity contribution >= 4 is 5.78 Å². The van der Waals surface area contributed by atoms with Gasteiger partial charge in [-0.15, -0.1) is 0 Å². The molecule has 0 rings (SSSR count). The van der Waals surface area contributed by atoms with Gasteiger partial charge in [-0.3, -0.25) is 4.79 Å². The van der Waals surface area contributed by atoms with Crippen molar-refractivity contribution in [1.82, 2.24) is 4.90 Å². The van der Waals surface area contributed by atoms with Gasteiger partial charge in [-0.25, -0.2) is 0 Å². The van der Waals surface area contributed by atoms with Crippen molar-refractivity contribution in [3.05, 3.63) is 0 Å². The first-order valence-electron chi connectivity index (χ1n) is 5.33. The number of rotatable bonds is 7. The van der Waals surface area contributed by atoms with Crippen LogP contribution in [0, 0.1) is 0 Å². The zero-order valence-electron chi connectivity index (χ0n) is 9.47. The third-order valence-electron chi connectivity index (χ3n) is 2.70. The predicted octanol–water partition coefficient (Wildman–Crippen LogP) is 2.48. The van der Waals surface area contributed by atoms with Gasteiger partial charge in [0.2, 0.25) is 0 Å². The molecule has 0 aromatic carbocycles. The standard InChI is InChI=1S/C11H23NO/c1-5-10(3)12(4)9-7-8-11(13)6-2/h10H,5-9H2,1-4H3. The maximum atomic E-state index is 11.0. The Hall–Kier alpha value is -0.370. The van der Waals surface area contributed by atoms with Crippen LogP contribution in [0.2, 0.25) is 0 Å². The molecule has 0 spiro atoms. The van der Waals surface area contributed by atoms with Crippen LogP contribution in [-0.4, -0.2) is 30.3 Å². The van der Waals surface area contributed by atoms with Crippen LogP contribution < -0.4 is 0 Å². The van der Waals surface area contributed by atoms with Gasteiger partial charge in [0.05, 0.1) is 0 Å². The molecule has 0 aliphatic rings. The van der Waals surface area contributed by atoms with Crippen LogP contribution in [0.25, 0.3) is 0 Å². The van der Waals surface area contributed by atoms with Crippen LogP contribution in [0.15, 0.2) is 0 Å². The second-order valence-electron chi connectivity index (χ2n) is 3.73. The topological polar surface area (TPSA) is 20.3 Å². The fraction of sp³-hybridized carbons (Fsp3) is 0.909. The molecule has 0 aliphatic carbocycles. The van der Waals surface area contributed by atoms with Crippen molar-refractivity contribution in [1.29, 1.82) is 0 Å². The molecular weight excluding hydrogens is 162 g/mol. The monoisotopic (exact) mass is 185 g/mol. The highest BCUT2D eigenvalue weighted by molar-refractivity contribution is 5.77. The molecule has 0 amide bonds. The minimum absolute atomic E-state index is 0.387. The fourth-order valence-electron chi connectivity index (χ4n) is 1.23. The summed E-state index contributed by atoms with van der Waals surface area (Å²) in [5.74, 6) is 0.387. The van der Waals surface area contributed by atoms with Gasteiger partial charge in [0.25, 0.3) is 0 Å². The number of hydrogen-bond donors (Lipinski definition) is 0. The summed E-state index contributed by atoms with van der Waals surface area (Å²) in [7, 11) is 2.13. The van der Waals surface area contributed by atoms with Gasteiger partial charge in [0, 0.05) is 18.9 Å². The molecule has 0 aromatic heterocycles. The minimum atomic E-state index is 0.387. The Morgan fingerprint density at radius 1 is 1.38 bits per heavy atom. The van der Waals surface area contributed by atoms with Crippen molar-refractivity contribution in [2.75, 3.05) is 13.6 Å². The number of ketones is 1. The van der Waals surface area contributed by atoms with Gasteiger partial charge >= 0.3 is 0 Å². The summed E-state index contributed by atoms with van der Waals surface area (Å²) >= 11 is 0. The summed E-state index contributed by atoms with van der Waals surface area (Å²) in [5.41, 5.74) is 0. The normalized spacial score (nSPS) is 13.3. The Labute approximate surface area is 82.3 Å². The average molecular weight is 185 g/mol.